The van der Waals surface area contributed by atoms with E-state index >= 15 is 0 Å². The third-order valence-electron chi connectivity index (χ3n) is 5.52. The molecule has 0 aliphatic rings. The number of carbonyl (C=O) groups excluding carboxylic acids is 1. The van der Waals surface area contributed by atoms with Gasteiger partial charge in [0.05, 0.1) is 20.7 Å². The third-order valence-corrected chi connectivity index (χ3v) is 5.52. The van der Waals surface area contributed by atoms with Gasteiger partial charge in [-0.2, -0.15) is 0 Å². The number of quaternary nitrogens is 1. The van der Waals surface area contributed by atoms with Crippen LogP contribution in [0, 0.1) is 0 Å². The van der Waals surface area contributed by atoms with Crippen LogP contribution in [0.15, 0.2) is 12.2 Å². The molecule has 0 spiro atoms. The number of nitrogens with zero attached hydrogens (tertiary/aromatic N) is 1. The van der Waals surface area contributed by atoms with Gasteiger partial charge in [0, 0.05) is 6.42 Å². The fourth-order valence-electron chi connectivity index (χ4n) is 3.54. The summed E-state index contributed by atoms with van der Waals surface area (Å²) in [6.07, 6.45) is 20.7. The minimum Gasteiger partial charge on any atom is -1.00 e. The van der Waals surface area contributed by atoms with Crippen LogP contribution in [0.25, 0.3) is 0 Å². The number of aliphatic hydroxyl groups is 2. The average Bonchev–Trinajstić information content (AvgIpc) is 2.70. The van der Waals surface area contributed by atoms with Gasteiger partial charge in [0.1, 0.15) is 25.8 Å². The molecular weight excluding hydrogens is 414 g/mol. The Kier molecular flexibility index (Phi) is 23.7. The lowest BCUT2D eigenvalue weighted by Crippen LogP contribution is -3.00. The van der Waals surface area contributed by atoms with E-state index in [9.17, 15) is 9.90 Å². The van der Waals surface area contributed by atoms with Gasteiger partial charge in [-0.3, -0.25) is 4.79 Å². The molecule has 0 radical (unpaired) electrons. The van der Waals surface area contributed by atoms with Gasteiger partial charge >= 0.3 is 5.97 Å². The zero-order chi connectivity index (χ0) is 22.5. The van der Waals surface area contributed by atoms with Crippen LogP contribution in [0.4, 0.5) is 0 Å². The molecule has 5 nitrogen and oxygen atoms in total. The highest BCUT2D eigenvalue weighted by Gasteiger charge is 2.20. The fourth-order valence-corrected chi connectivity index (χ4v) is 3.54. The van der Waals surface area contributed by atoms with Gasteiger partial charge in [0.2, 0.25) is 0 Å². The highest BCUT2D eigenvalue weighted by atomic mass is 35.5. The van der Waals surface area contributed by atoms with E-state index in [4.69, 9.17) is 9.84 Å². The number of halogens is 1. The number of hydrogen-bond acceptors (Lipinski definition) is 4. The largest absolute Gasteiger partial charge is 1.00 e. The Labute approximate surface area is 198 Å². The van der Waals surface area contributed by atoms with Crippen LogP contribution in [-0.2, 0) is 9.53 Å². The molecule has 6 heteroatoms. The monoisotopic (exact) mass is 463 g/mol. The fraction of sp³-hybridized carbons (Fsp3) is 0.880. The van der Waals surface area contributed by atoms with E-state index in [1.807, 2.05) is 14.1 Å². The zero-order valence-corrected chi connectivity index (χ0v) is 21.3. The summed E-state index contributed by atoms with van der Waals surface area (Å²) in [6, 6.07) is 0. The van der Waals surface area contributed by atoms with E-state index in [0.29, 0.717) is 30.6 Å². The summed E-state index contributed by atoms with van der Waals surface area (Å²) < 4.78 is 5.82. The van der Waals surface area contributed by atoms with Gasteiger partial charge in [0.25, 0.3) is 0 Å². The Balaban J connectivity index is 0. The van der Waals surface area contributed by atoms with Crippen molar-refractivity contribution in [1.82, 2.24) is 0 Å². The number of esters is 1. The van der Waals surface area contributed by atoms with E-state index in [-0.39, 0.29) is 25.0 Å². The van der Waals surface area contributed by atoms with Crippen molar-refractivity contribution in [1.29, 1.82) is 0 Å². The van der Waals surface area contributed by atoms with Gasteiger partial charge in [-0.05, 0) is 32.1 Å². The molecule has 186 valence electrons. The summed E-state index contributed by atoms with van der Waals surface area (Å²) in [7, 11) is 3.91. The van der Waals surface area contributed by atoms with Gasteiger partial charge in [-0.1, -0.05) is 70.4 Å². The lowest BCUT2D eigenvalue weighted by molar-refractivity contribution is -0.893. The molecule has 1 atom stereocenters. The summed E-state index contributed by atoms with van der Waals surface area (Å²) >= 11 is 0. The maximum absolute atomic E-state index is 11.8. The molecule has 0 aliphatic heterocycles. The number of unbranched alkanes of at least 4 members (excludes halogenated alkanes) is 11. The molecular formula is C25H50ClNO4. The summed E-state index contributed by atoms with van der Waals surface area (Å²) in [6.45, 7) is 3.46. The van der Waals surface area contributed by atoms with E-state index in [1.54, 1.807) is 0 Å². The van der Waals surface area contributed by atoms with E-state index in [0.717, 1.165) is 12.8 Å². The minimum atomic E-state index is -0.730. The first kappa shape index (κ1) is 32.6. The van der Waals surface area contributed by atoms with Gasteiger partial charge in [-0.15, -0.1) is 0 Å². The Morgan fingerprint density at radius 1 is 0.903 bits per heavy atom. The Morgan fingerprint density at radius 3 is 1.97 bits per heavy atom. The first-order chi connectivity index (χ1) is 14.4. The van der Waals surface area contributed by atoms with Crippen LogP contribution >= 0.6 is 0 Å². The SMILES string of the molecule is CCCCCCCC/C=C\CCCCCCCC(=O)OCC[N+](C)(C)CC(O)CO.[Cl-]. The molecule has 0 rings (SSSR count). The van der Waals surface area contributed by atoms with E-state index in [2.05, 4.69) is 19.1 Å². The number of hydrogen-bond donors (Lipinski definition) is 2. The first-order valence-corrected chi connectivity index (χ1v) is 12.3. The Bertz CT molecular complexity index is 430. The zero-order valence-electron chi connectivity index (χ0n) is 20.5. The summed E-state index contributed by atoms with van der Waals surface area (Å²) in [5, 5.41) is 18.5. The van der Waals surface area contributed by atoms with Crippen molar-refractivity contribution in [3.05, 3.63) is 12.2 Å². The van der Waals surface area contributed by atoms with Crippen molar-refractivity contribution >= 4 is 5.97 Å². The first-order valence-electron chi connectivity index (χ1n) is 12.3. The molecule has 1 unspecified atom stereocenters. The topological polar surface area (TPSA) is 66.8 Å². The van der Waals surface area contributed by atoms with E-state index < -0.39 is 6.10 Å². The molecule has 0 aromatic heterocycles. The molecule has 0 saturated heterocycles. The normalized spacial score (nSPS) is 12.7. The maximum Gasteiger partial charge on any atom is 0.305 e. The van der Waals surface area contributed by atoms with Crippen molar-refractivity contribution in [2.24, 2.45) is 0 Å². The Hall–Kier alpha value is -0.620. The maximum atomic E-state index is 11.8. The average molecular weight is 464 g/mol. The summed E-state index contributed by atoms with van der Waals surface area (Å²) in [5.74, 6) is -0.129. The molecule has 2 N–H and O–H groups in total. The molecule has 0 bridgehead atoms. The molecule has 0 heterocycles. The van der Waals surface area contributed by atoms with Crippen molar-refractivity contribution in [2.45, 2.75) is 103 Å². The number of rotatable bonds is 21. The van der Waals surface area contributed by atoms with Crippen molar-refractivity contribution < 1.29 is 36.6 Å². The second kappa shape index (κ2) is 22.6. The van der Waals surface area contributed by atoms with Crippen LogP contribution in [0.5, 0.6) is 0 Å². The molecule has 31 heavy (non-hydrogen) atoms. The van der Waals surface area contributed by atoms with Crippen LogP contribution in [0.1, 0.15) is 96.8 Å². The van der Waals surface area contributed by atoms with Crippen LogP contribution in [-0.4, -0.2) is 67.2 Å². The smallest absolute Gasteiger partial charge is 0.305 e. The third kappa shape index (κ3) is 23.9. The van der Waals surface area contributed by atoms with Gasteiger partial charge in [-0.25, -0.2) is 0 Å². The molecule has 0 aliphatic carbocycles. The lowest BCUT2D eigenvalue weighted by atomic mass is 10.1. The highest BCUT2D eigenvalue weighted by molar-refractivity contribution is 5.69. The molecule has 0 aromatic rings. The molecule has 0 saturated carbocycles. The predicted molar refractivity (Wildman–Crippen MR) is 125 cm³/mol. The number of aliphatic hydroxyl groups excluding tert-OH is 2. The number of ether oxygens (including phenoxy) is 1. The summed E-state index contributed by atoms with van der Waals surface area (Å²) in [4.78, 5) is 11.8. The van der Waals surface area contributed by atoms with Gasteiger partial charge < -0.3 is 31.8 Å². The van der Waals surface area contributed by atoms with Crippen LogP contribution < -0.4 is 12.4 Å². The second-order valence-corrected chi connectivity index (χ2v) is 9.23. The number of allylic oxidation sites excluding steroid dienone is 2. The highest BCUT2D eigenvalue weighted by Crippen LogP contribution is 2.10. The van der Waals surface area contributed by atoms with Gasteiger partial charge in [0.15, 0.2) is 0 Å². The lowest BCUT2D eigenvalue weighted by Gasteiger charge is -2.31. The predicted octanol–water partition coefficient (Wildman–Crippen LogP) is 2.00. The number of likely N-dealkylation sites (N-methyl/N-ethyl adjacent to an activating group) is 1. The van der Waals surface area contributed by atoms with Crippen molar-refractivity contribution in [3.63, 3.8) is 0 Å². The minimum absolute atomic E-state index is 0. The Morgan fingerprint density at radius 2 is 1.42 bits per heavy atom. The van der Waals surface area contributed by atoms with E-state index in [1.165, 1.54) is 70.6 Å². The number of carbonyl (C=O) groups is 1. The molecule has 0 aromatic carbocycles. The summed E-state index contributed by atoms with van der Waals surface area (Å²) in [5.41, 5.74) is 0. The van der Waals surface area contributed by atoms with Crippen molar-refractivity contribution in [3.8, 4) is 0 Å². The van der Waals surface area contributed by atoms with Crippen LogP contribution in [0.2, 0.25) is 0 Å². The van der Waals surface area contributed by atoms with Crippen molar-refractivity contribution in [2.75, 3.05) is 40.4 Å². The molecule has 0 fully saturated rings. The quantitative estimate of drug-likeness (QED) is 0.118. The van der Waals surface area contributed by atoms with Crippen LogP contribution in [0.3, 0.4) is 0 Å². The molecule has 0 amide bonds. The second-order valence-electron chi connectivity index (χ2n) is 9.23. The standard InChI is InChI=1S/C25H50NO4.ClH/c1-4-5-6-7-8-9-10-11-12-13-14-15-16-17-18-19-25(29)30-21-20-26(2,3)22-24(28)23-27;/h11-12,24,27-28H,4-10,13-23H2,1-3H3;1H/q+1;/p-1/b12-11-;.